The number of hydrogen-bond donors (Lipinski definition) is 1. The Balaban J connectivity index is 3.42. The van der Waals surface area contributed by atoms with E-state index in [2.05, 4.69) is 6.58 Å². The van der Waals surface area contributed by atoms with E-state index in [1.807, 2.05) is 0 Å². The second-order valence-electron chi connectivity index (χ2n) is 4.46. The molecule has 0 fully saturated rings. The number of aromatic hydroxyl groups is 1. The molecule has 0 bridgehead atoms. The molecule has 0 aliphatic rings. The van der Waals surface area contributed by atoms with Crippen molar-refractivity contribution in [3.8, 4) is 5.75 Å². The van der Waals surface area contributed by atoms with Gasteiger partial charge in [0, 0.05) is 18.7 Å². The number of rotatable bonds is 5. The summed E-state index contributed by atoms with van der Waals surface area (Å²) in [4.78, 5) is 13.6. The van der Waals surface area contributed by atoms with E-state index in [-0.39, 0.29) is 17.5 Å². The summed E-state index contributed by atoms with van der Waals surface area (Å²) in [7, 11) is 0. The Kier molecular flexibility index (Phi) is 5.41. The molecule has 1 N–H and O–H groups in total. The molecule has 3 nitrogen and oxygen atoms in total. The third-order valence-electron chi connectivity index (χ3n) is 3.22. The Hall–Kier alpha value is -1.98. The van der Waals surface area contributed by atoms with E-state index in [1.54, 1.807) is 13.8 Å². The van der Waals surface area contributed by atoms with Crippen LogP contribution in [0.15, 0.2) is 24.8 Å². The minimum atomic E-state index is -4.59. The van der Waals surface area contributed by atoms with Crippen molar-refractivity contribution in [2.75, 3.05) is 13.1 Å². The zero-order valence-electron chi connectivity index (χ0n) is 12.0. The highest BCUT2D eigenvalue weighted by Gasteiger charge is 2.35. The Morgan fingerprint density at radius 1 is 1.33 bits per heavy atom. The summed E-state index contributed by atoms with van der Waals surface area (Å²) in [6, 6.07) is 1.85. The summed E-state index contributed by atoms with van der Waals surface area (Å²) >= 11 is 0. The van der Waals surface area contributed by atoms with Crippen LogP contribution in [0, 0.1) is 0 Å². The van der Waals surface area contributed by atoms with E-state index in [1.165, 1.54) is 11.0 Å². The molecule has 6 heteroatoms. The van der Waals surface area contributed by atoms with Crippen molar-refractivity contribution in [3.05, 3.63) is 41.5 Å². The van der Waals surface area contributed by atoms with Gasteiger partial charge in [0.05, 0.1) is 11.1 Å². The van der Waals surface area contributed by atoms with Crippen LogP contribution in [0.25, 0.3) is 0 Å². The van der Waals surface area contributed by atoms with Gasteiger partial charge in [-0.2, -0.15) is 13.2 Å². The standard InChI is InChI=1S/C15H18F3NO2/c1-4-7-10-12(15(16,17)18)9-8-11(13(10)20)14(21)19(5-2)6-3/h4,8-9,20H,1,5-7H2,2-3H3. The SMILES string of the molecule is C=CCc1c(C(F)(F)F)ccc(C(=O)N(CC)CC)c1O. The van der Waals surface area contributed by atoms with Crippen LogP contribution >= 0.6 is 0 Å². The minimum absolute atomic E-state index is 0.122. The van der Waals surface area contributed by atoms with Gasteiger partial charge in [0.2, 0.25) is 0 Å². The number of alkyl halides is 3. The first kappa shape index (κ1) is 17.1. The zero-order chi connectivity index (χ0) is 16.2. The lowest BCUT2D eigenvalue weighted by Gasteiger charge is -2.21. The number of allylic oxidation sites excluding steroid dienone is 1. The van der Waals surface area contributed by atoms with Crippen LogP contribution in [0.2, 0.25) is 0 Å². The van der Waals surface area contributed by atoms with E-state index >= 15 is 0 Å². The normalized spacial score (nSPS) is 11.3. The molecule has 116 valence electrons. The van der Waals surface area contributed by atoms with Gasteiger partial charge in [-0.15, -0.1) is 6.58 Å². The van der Waals surface area contributed by atoms with Gasteiger partial charge in [-0.3, -0.25) is 4.79 Å². The number of amides is 1. The highest BCUT2D eigenvalue weighted by molar-refractivity contribution is 5.97. The maximum atomic E-state index is 12.9. The fourth-order valence-electron chi connectivity index (χ4n) is 2.11. The molecule has 0 aliphatic heterocycles. The summed E-state index contributed by atoms with van der Waals surface area (Å²) in [5.74, 6) is -1.11. The monoisotopic (exact) mass is 301 g/mol. The number of hydrogen-bond acceptors (Lipinski definition) is 2. The number of carbonyl (C=O) groups excluding carboxylic acids is 1. The van der Waals surface area contributed by atoms with Gasteiger partial charge in [0.25, 0.3) is 5.91 Å². The van der Waals surface area contributed by atoms with Crippen molar-refractivity contribution in [3.63, 3.8) is 0 Å². The molecular weight excluding hydrogens is 283 g/mol. The quantitative estimate of drug-likeness (QED) is 0.844. The Labute approximate surface area is 121 Å². The molecule has 0 spiro atoms. The Morgan fingerprint density at radius 3 is 2.33 bits per heavy atom. The smallest absolute Gasteiger partial charge is 0.416 e. The predicted octanol–water partition coefficient (Wildman–Crippen LogP) is 3.62. The van der Waals surface area contributed by atoms with Crippen LogP contribution in [0.5, 0.6) is 5.75 Å². The molecule has 21 heavy (non-hydrogen) atoms. The van der Waals surface area contributed by atoms with E-state index in [0.29, 0.717) is 13.1 Å². The van der Waals surface area contributed by atoms with Crippen LogP contribution in [0.4, 0.5) is 13.2 Å². The van der Waals surface area contributed by atoms with Gasteiger partial charge in [0.1, 0.15) is 5.75 Å². The topological polar surface area (TPSA) is 40.5 Å². The van der Waals surface area contributed by atoms with Gasteiger partial charge < -0.3 is 10.0 Å². The number of carbonyl (C=O) groups is 1. The number of nitrogens with zero attached hydrogens (tertiary/aromatic N) is 1. The summed E-state index contributed by atoms with van der Waals surface area (Å²) in [6.07, 6.45) is -3.50. The highest BCUT2D eigenvalue weighted by Crippen LogP contribution is 2.38. The largest absolute Gasteiger partial charge is 0.507 e. The van der Waals surface area contributed by atoms with Crippen molar-refractivity contribution < 1.29 is 23.1 Å². The molecule has 0 aromatic heterocycles. The lowest BCUT2D eigenvalue weighted by atomic mass is 9.98. The molecule has 0 atom stereocenters. The second kappa shape index (κ2) is 6.65. The predicted molar refractivity (Wildman–Crippen MR) is 74.3 cm³/mol. The van der Waals surface area contributed by atoms with Crippen LogP contribution < -0.4 is 0 Å². The minimum Gasteiger partial charge on any atom is -0.507 e. The van der Waals surface area contributed by atoms with Crippen LogP contribution in [-0.4, -0.2) is 29.0 Å². The molecule has 0 unspecified atom stereocenters. The lowest BCUT2D eigenvalue weighted by Crippen LogP contribution is -2.30. The van der Waals surface area contributed by atoms with E-state index in [4.69, 9.17) is 0 Å². The van der Waals surface area contributed by atoms with Gasteiger partial charge in [-0.1, -0.05) is 6.08 Å². The molecule has 0 saturated heterocycles. The average molecular weight is 301 g/mol. The molecular formula is C15H18F3NO2. The third kappa shape index (κ3) is 3.56. The number of phenolic OH excluding ortho intramolecular Hbond substituents is 1. The maximum Gasteiger partial charge on any atom is 0.416 e. The third-order valence-corrected chi connectivity index (χ3v) is 3.22. The van der Waals surface area contributed by atoms with Gasteiger partial charge >= 0.3 is 6.18 Å². The molecule has 1 amide bonds. The Bertz CT molecular complexity index is 534. The summed E-state index contributed by atoms with van der Waals surface area (Å²) in [5, 5.41) is 10.1. The fourth-order valence-corrected chi connectivity index (χ4v) is 2.11. The first-order valence-electron chi connectivity index (χ1n) is 6.60. The van der Waals surface area contributed by atoms with Crippen molar-refractivity contribution in [1.29, 1.82) is 0 Å². The molecule has 0 heterocycles. The lowest BCUT2D eigenvalue weighted by molar-refractivity contribution is -0.138. The van der Waals surface area contributed by atoms with E-state index < -0.39 is 23.4 Å². The first-order chi connectivity index (χ1) is 9.77. The number of halogens is 3. The van der Waals surface area contributed by atoms with Crippen LogP contribution in [-0.2, 0) is 12.6 Å². The highest BCUT2D eigenvalue weighted by atomic mass is 19.4. The van der Waals surface area contributed by atoms with Crippen molar-refractivity contribution in [2.24, 2.45) is 0 Å². The summed E-state index contributed by atoms with van der Waals surface area (Å²) in [5.41, 5.74) is -1.39. The zero-order valence-corrected chi connectivity index (χ0v) is 12.0. The maximum absolute atomic E-state index is 12.9. The van der Waals surface area contributed by atoms with Crippen molar-refractivity contribution in [1.82, 2.24) is 4.90 Å². The molecule has 0 radical (unpaired) electrons. The summed E-state index contributed by atoms with van der Waals surface area (Å²) < 4.78 is 38.8. The van der Waals surface area contributed by atoms with Crippen molar-refractivity contribution in [2.45, 2.75) is 26.4 Å². The molecule has 0 saturated carbocycles. The van der Waals surface area contributed by atoms with Crippen LogP contribution in [0.3, 0.4) is 0 Å². The molecule has 1 aromatic carbocycles. The van der Waals surface area contributed by atoms with Gasteiger partial charge in [0.15, 0.2) is 0 Å². The number of benzene rings is 1. The van der Waals surface area contributed by atoms with E-state index in [9.17, 15) is 23.1 Å². The van der Waals surface area contributed by atoms with Gasteiger partial charge in [-0.25, -0.2) is 0 Å². The first-order valence-corrected chi connectivity index (χ1v) is 6.60. The molecule has 1 aromatic rings. The van der Waals surface area contributed by atoms with E-state index in [0.717, 1.165) is 12.1 Å². The molecule has 1 rings (SSSR count). The Morgan fingerprint density at radius 2 is 1.90 bits per heavy atom. The van der Waals surface area contributed by atoms with Gasteiger partial charge in [-0.05, 0) is 32.4 Å². The fraction of sp³-hybridized carbons (Fsp3) is 0.400. The van der Waals surface area contributed by atoms with Crippen molar-refractivity contribution >= 4 is 5.91 Å². The number of phenols is 1. The molecule has 0 aliphatic carbocycles. The summed E-state index contributed by atoms with van der Waals surface area (Å²) in [6.45, 7) is 7.72. The average Bonchev–Trinajstić information content (AvgIpc) is 2.41. The van der Waals surface area contributed by atoms with Crippen LogP contribution in [0.1, 0.15) is 35.3 Å². The second-order valence-corrected chi connectivity index (χ2v) is 4.46.